The van der Waals surface area contributed by atoms with E-state index in [0.717, 1.165) is 17.2 Å². The quantitative estimate of drug-likeness (QED) is 0.726. The first-order valence-corrected chi connectivity index (χ1v) is 6.56. The lowest BCUT2D eigenvalue weighted by atomic mass is 10.2. The van der Waals surface area contributed by atoms with Gasteiger partial charge in [-0.05, 0) is 13.8 Å². The minimum atomic E-state index is -0.0439. The molecule has 1 aromatic rings. The average Bonchev–Trinajstić information content (AvgIpc) is 2.37. The van der Waals surface area contributed by atoms with Crippen molar-refractivity contribution in [3.05, 3.63) is 11.4 Å². The van der Waals surface area contributed by atoms with Gasteiger partial charge in [0, 0.05) is 25.1 Å². The van der Waals surface area contributed by atoms with E-state index in [1.807, 2.05) is 34.7 Å². The predicted molar refractivity (Wildman–Crippen MR) is 77.6 cm³/mol. The number of hydrogen-bond donors (Lipinski definition) is 3. The number of amides is 1. The van der Waals surface area contributed by atoms with Gasteiger partial charge in [-0.25, -0.2) is 9.97 Å². The van der Waals surface area contributed by atoms with E-state index in [2.05, 4.69) is 25.9 Å². The van der Waals surface area contributed by atoms with E-state index in [4.69, 9.17) is 0 Å². The van der Waals surface area contributed by atoms with E-state index in [0.29, 0.717) is 12.4 Å². The normalized spacial score (nSPS) is 10.4. The van der Waals surface area contributed by atoms with Crippen LogP contribution in [0.4, 0.5) is 11.6 Å². The van der Waals surface area contributed by atoms with E-state index < -0.39 is 0 Å². The van der Waals surface area contributed by atoms with Gasteiger partial charge in [0.05, 0.1) is 6.54 Å². The number of nitrogens with zero attached hydrogens (tertiary/aromatic N) is 2. The van der Waals surface area contributed by atoms with Crippen LogP contribution in [0.1, 0.15) is 38.1 Å². The summed E-state index contributed by atoms with van der Waals surface area (Å²) < 4.78 is 0. The third kappa shape index (κ3) is 4.08. The monoisotopic (exact) mass is 265 g/mol. The van der Waals surface area contributed by atoms with Crippen molar-refractivity contribution in [3.63, 3.8) is 0 Å². The molecule has 0 saturated carbocycles. The topological polar surface area (TPSA) is 78.9 Å². The highest BCUT2D eigenvalue weighted by atomic mass is 16.1. The summed E-state index contributed by atoms with van der Waals surface area (Å²) in [5, 5.41) is 8.86. The maximum Gasteiger partial charge on any atom is 0.239 e. The minimum Gasteiger partial charge on any atom is -0.373 e. The van der Waals surface area contributed by atoms with Crippen molar-refractivity contribution in [2.45, 2.75) is 33.6 Å². The summed E-state index contributed by atoms with van der Waals surface area (Å²) in [6.07, 6.45) is 0. The fraction of sp³-hybridized carbons (Fsp3) is 0.615. The number of nitrogens with one attached hydrogen (secondary N) is 3. The van der Waals surface area contributed by atoms with Crippen molar-refractivity contribution in [1.82, 2.24) is 15.3 Å². The third-order valence-corrected chi connectivity index (χ3v) is 2.71. The van der Waals surface area contributed by atoms with Gasteiger partial charge in [-0.15, -0.1) is 0 Å². The highest BCUT2D eigenvalue weighted by Gasteiger charge is 2.12. The second-order valence-corrected chi connectivity index (χ2v) is 4.62. The molecule has 0 bridgehead atoms. The lowest BCUT2D eigenvalue weighted by molar-refractivity contribution is -0.119. The molecule has 0 saturated heterocycles. The number of rotatable bonds is 6. The molecule has 0 fully saturated rings. The first-order valence-electron chi connectivity index (χ1n) is 6.56. The first kappa shape index (κ1) is 15.2. The van der Waals surface area contributed by atoms with Crippen LogP contribution in [0.15, 0.2) is 0 Å². The second-order valence-electron chi connectivity index (χ2n) is 4.62. The lowest BCUT2D eigenvalue weighted by Crippen LogP contribution is -2.30. The summed E-state index contributed by atoms with van der Waals surface area (Å²) >= 11 is 0. The Hall–Kier alpha value is -1.85. The lowest BCUT2D eigenvalue weighted by Gasteiger charge is -2.14. The number of carbonyl (C=O) groups excluding carboxylic acids is 1. The summed E-state index contributed by atoms with van der Waals surface area (Å²) in [6.45, 7) is 8.74. The van der Waals surface area contributed by atoms with Crippen LogP contribution in [0.25, 0.3) is 0 Å². The fourth-order valence-electron chi connectivity index (χ4n) is 1.63. The Morgan fingerprint density at radius 2 is 1.89 bits per heavy atom. The summed E-state index contributed by atoms with van der Waals surface area (Å²) in [7, 11) is 1.83. The Kier molecular flexibility index (Phi) is 5.54. The van der Waals surface area contributed by atoms with Gasteiger partial charge < -0.3 is 16.0 Å². The maximum absolute atomic E-state index is 11.5. The number of likely N-dealkylation sites (N-methyl/N-ethyl adjacent to an activating group) is 1. The van der Waals surface area contributed by atoms with Crippen molar-refractivity contribution in [1.29, 1.82) is 0 Å². The largest absolute Gasteiger partial charge is 0.373 e. The zero-order chi connectivity index (χ0) is 14.4. The average molecular weight is 265 g/mol. The number of carbonyl (C=O) groups is 1. The Bertz CT molecular complexity index is 445. The smallest absolute Gasteiger partial charge is 0.239 e. The molecule has 1 aromatic heterocycles. The van der Waals surface area contributed by atoms with Gasteiger partial charge in [-0.3, -0.25) is 4.79 Å². The molecule has 19 heavy (non-hydrogen) atoms. The molecule has 0 atom stereocenters. The summed E-state index contributed by atoms with van der Waals surface area (Å²) in [5.74, 6) is 2.44. The summed E-state index contributed by atoms with van der Waals surface area (Å²) in [5.41, 5.74) is 0.913. The highest BCUT2D eigenvalue weighted by Crippen LogP contribution is 2.22. The Labute approximate surface area is 114 Å². The number of hydrogen-bond acceptors (Lipinski definition) is 5. The van der Waals surface area contributed by atoms with Crippen molar-refractivity contribution >= 4 is 17.5 Å². The van der Waals surface area contributed by atoms with Crippen LogP contribution in [-0.4, -0.2) is 36.0 Å². The molecule has 0 aliphatic carbocycles. The standard InChI is InChI=1S/C13H23N5O/c1-6-15-10(19)7-16-13-9(4)12(14-5)17-11(18-13)8(2)3/h8H,6-7H2,1-5H3,(H,15,19)(H2,14,16,17,18). The van der Waals surface area contributed by atoms with Gasteiger partial charge in [0.25, 0.3) is 0 Å². The zero-order valence-corrected chi connectivity index (χ0v) is 12.3. The van der Waals surface area contributed by atoms with Crippen molar-refractivity contribution in [2.24, 2.45) is 0 Å². The second kappa shape index (κ2) is 6.92. The molecular formula is C13H23N5O. The third-order valence-electron chi connectivity index (χ3n) is 2.71. The van der Waals surface area contributed by atoms with Gasteiger partial charge in [0.15, 0.2) is 0 Å². The predicted octanol–water partition coefficient (Wildman–Crippen LogP) is 1.50. The van der Waals surface area contributed by atoms with E-state index in [1.54, 1.807) is 0 Å². The van der Waals surface area contributed by atoms with Gasteiger partial charge >= 0.3 is 0 Å². The molecule has 0 aliphatic rings. The van der Waals surface area contributed by atoms with Crippen LogP contribution >= 0.6 is 0 Å². The number of aromatic nitrogens is 2. The Morgan fingerprint density at radius 1 is 1.26 bits per heavy atom. The SMILES string of the molecule is CCNC(=O)CNc1nc(C(C)C)nc(NC)c1C. The van der Waals surface area contributed by atoms with Crippen LogP contribution in [0.2, 0.25) is 0 Å². The molecular weight excluding hydrogens is 242 g/mol. The molecule has 0 unspecified atom stereocenters. The molecule has 0 radical (unpaired) electrons. The fourth-order valence-corrected chi connectivity index (χ4v) is 1.63. The minimum absolute atomic E-state index is 0.0439. The van der Waals surface area contributed by atoms with Gasteiger partial charge in [0.1, 0.15) is 17.5 Å². The molecule has 6 nitrogen and oxygen atoms in total. The van der Waals surface area contributed by atoms with E-state index >= 15 is 0 Å². The van der Waals surface area contributed by atoms with Crippen LogP contribution in [0.3, 0.4) is 0 Å². The molecule has 106 valence electrons. The molecule has 0 aromatic carbocycles. The molecule has 3 N–H and O–H groups in total. The van der Waals surface area contributed by atoms with Crippen molar-refractivity contribution in [3.8, 4) is 0 Å². The van der Waals surface area contributed by atoms with E-state index in [9.17, 15) is 4.79 Å². The van der Waals surface area contributed by atoms with Crippen LogP contribution in [-0.2, 0) is 4.79 Å². The van der Waals surface area contributed by atoms with E-state index in [-0.39, 0.29) is 18.4 Å². The summed E-state index contributed by atoms with van der Waals surface area (Å²) in [6, 6.07) is 0. The van der Waals surface area contributed by atoms with Gasteiger partial charge in [-0.2, -0.15) is 0 Å². The van der Waals surface area contributed by atoms with Crippen molar-refractivity contribution < 1.29 is 4.79 Å². The molecule has 1 rings (SSSR count). The Morgan fingerprint density at radius 3 is 2.42 bits per heavy atom. The number of anilines is 2. The summed E-state index contributed by atoms with van der Waals surface area (Å²) in [4.78, 5) is 20.4. The van der Waals surface area contributed by atoms with E-state index in [1.165, 1.54) is 0 Å². The molecule has 0 spiro atoms. The molecule has 1 amide bonds. The van der Waals surface area contributed by atoms with Crippen molar-refractivity contribution in [2.75, 3.05) is 30.8 Å². The Balaban J connectivity index is 2.92. The highest BCUT2D eigenvalue weighted by molar-refractivity contribution is 5.80. The zero-order valence-electron chi connectivity index (χ0n) is 12.3. The first-order chi connectivity index (χ1) is 8.99. The molecule has 0 aliphatic heterocycles. The molecule has 6 heteroatoms. The maximum atomic E-state index is 11.5. The van der Waals surface area contributed by atoms with Gasteiger partial charge in [-0.1, -0.05) is 13.8 Å². The van der Waals surface area contributed by atoms with Gasteiger partial charge in [0.2, 0.25) is 5.91 Å². The molecule has 1 heterocycles. The van der Waals surface area contributed by atoms with Crippen LogP contribution < -0.4 is 16.0 Å². The van der Waals surface area contributed by atoms with Crippen LogP contribution in [0, 0.1) is 6.92 Å². The van der Waals surface area contributed by atoms with Crippen LogP contribution in [0.5, 0.6) is 0 Å².